The minimum Gasteiger partial charge on any atom is -0.374 e. The SMILES string of the molecule is CC1CCC(CN2CCC(C)C(N)C2)O1. The van der Waals surface area contributed by atoms with Crippen molar-refractivity contribution in [3.63, 3.8) is 0 Å². The summed E-state index contributed by atoms with van der Waals surface area (Å²) in [4.78, 5) is 2.48. The molecular weight excluding hydrogens is 188 g/mol. The summed E-state index contributed by atoms with van der Waals surface area (Å²) in [7, 11) is 0. The lowest BCUT2D eigenvalue weighted by atomic mass is 9.94. The van der Waals surface area contributed by atoms with Crippen molar-refractivity contribution in [2.75, 3.05) is 19.6 Å². The second kappa shape index (κ2) is 4.81. The molecule has 2 aliphatic rings. The predicted molar refractivity (Wildman–Crippen MR) is 61.8 cm³/mol. The van der Waals surface area contributed by atoms with Crippen LogP contribution < -0.4 is 5.73 Å². The molecule has 0 amide bonds. The molecule has 2 fully saturated rings. The monoisotopic (exact) mass is 212 g/mol. The number of nitrogens with zero attached hydrogens (tertiary/aromatic N) is 1. The third kappa shape index (κ3) is 2.92. The number of nitrogens with two attached hydrogens (primary N) is 1. The first-order valence-corrected chi connectivity index (χ1v) is 6.28. The average molecular weight is 212 g/mol. The lowest BCUT2D eigenvalue weighted by Crippen LogP contribution is -2.49. The van der Waals surface area contributed by atoms with Crippen LogP contribution in [0.25, 0.3) is 0 Å². The number of hydrogen-bond acceptors (Lipinski definition) is 3. The first kappa shape index (κ1) is 11.4. The molecule has 2 heterocycles. The van der Waals surface area contributed by atoms with E-state index in [0.717, 1.165) is 13.1 Å². The van der Waals surface area contributed by atoms with Crippen LogP contribution in [0.15, 0.2) is 0 Å². The van der Waals surface area contributed by atoms with Gasteiger partial charge in [0.1, 0.15) is 0 Å². The standard InChI is InChI=1S/C12H24N2O/c1-9-5-6-14(8-12(9)13)7-11-4-3-10(2)15-11/h9-12H,3-8,13H2,1-2H3. The van der Waals surface area contributed by atoms with Crippen molar-refractivity contribution in [1.29, 1.82) is 0 Å². The fourth-order valence-corrected chi connectivity index (χ4v) is 2.64. The molecule has 3 nitrogen and oxygen atoms in total. The molecular formula is C12H24N2O. The minimum absolute atomic E-state index is 0.359. The van der Waals surface area contributed by atoms with E-state index in [9.17, 15) is 0 Å². The van der Waals surface area contributed by atoms with E-state index >= 15 is 0 Å². The Kier molecular flexibility index (Phi) is 3.65. The molecule has 15 heavy (non-hydrogen) atoms. The van der Waals surface area contributed by atoms with Crippen molar-refractivity contribution < 1.29 is 4.74 Å². The minimum atomic E-state index is 0.359. The first-order chi connectivity index (χ1) is 7.15. The Balaban J connectivity index is 1.75. The molecule has 0 aromatic heterocycles. The maximum atomic E-state index is 6.09. The summed E-state index contributed by atoms with van der Waals surface area (Å²) in [6, 6.07) is 0.359. The maximum absolute atomic E-state index is 6.09. The molecule has 2 aliphatic heterocycles. The quantitative estimate of drug-likeness (QED) is 0.748. The molecule has 0 aromatic rings. The van der Waals surface area contributed by atoms with Crippen LogP contribution in [-0.2, 0) is 4.74 Å². The Morgan fingerprint density at radius 2 is 2.07 bits per heavy atom. The summed E-state index contributed by atoms with van der Waals surface area (Å²) in [5, 5.41) is 0. The summed E-state index contributed by atoms with van der Waals surface area (Å²) in [6.07, 6.45) is 4.61. The molecule has 0 aromatic carbocycles. The summed E-state index contributed by atoms with van der Waals surface area (Å²) in [6.45, 7) is 7.77. The molecule has 0 radical (unpaired) electrons. The van der Waals surface area contributed by atoms with Crippen LogP contribution in [0.2, 0.25) is 0 Å². The Morgan fingerprint density at radius 1 is 1.27 bits per heavy atom. The normalized spacial score (nSPS) is 43.4. The van der Waals surface area contributed by atoms with Gasteiger partial charge in [-0.05, 0) is 38.6 Å². The molecule has 2 saturated heterocycles. The largest absolute Gasteiger partial charge is 0.374 e. The zero-order valence-electron chi connectivity index (χ0n) is 9.98. The van der Waals surface area contributed by atoms with Crippen molar-refractivity contribution in [3.05, 3.63) is 0 Å². The smallest absolute Gasteiger partial charge is 0.0706 e. The van der Waals surface area contributed by atoms with E-state index in [4.69, 9.17) is 10.5 Å². The lowest BCUT2D eigenvalue weighted by Gasteiger charge is -2.36. The third-order valence-corrected chi connectivity index (χ3v) is 3.88. The van der Waals surface area contributed by atoms with Crippen molar-refractivity contribution >= 4 is 0 Å². The zero-order valence-corrected chi connectivity index (χ0v) is 9.98. The van der Waals surface area contributed by atoms with Crippen LogP contribution in [0.3, 0.4) is 0 Å². The van der Waals surface area contributed by atoms with Gasteiger partial charge in [-0.1, -0.05) is 6.92 Å². The molecule has 4 atom stereocenters. The average Bonchev–Trinajstić information content (AvgIpc) is 2.58. The van der Waals surface area contributed by atoms with Crippen LogP contribution in [0, 0.1) is 5.92 Å². The molecule has 4 unspecified atom stereocenters. The number of likely N-dealkylation sites (tertiary alicyclic amines) is 1. The Morgan fingerprint density at radius 3 is 2.67 bits per heavy atom. The molecule has 0 bridgehead atoms. The predicted octanol–water partition coefficient (Wildman–Crippen LogP) is 1.22. The van der Waals surface area contributed by atoms with Gasteiger partial charge >= 0.3 is 0 Å². The Bertz CT molecular complexity index is 210. The van der Waals surface area contributed by atoms with E-state index in [-0.39, 0.29) is 0 Å². The van der Waals surface area contributed by atoms with Crippen molar-refractivity contribution in [3.8, 4) is 0 Å². The summed E-state index contributed by atoms with van der Waals surface area (Å²) in [5.74, 6) is 0.685. The van der Waals surface area contributed by atoms with E-state index in [1.807, 2.05) is 0 Å². The molecule has 2 rings (SSSR count). The summed E-state index contributed by atoms with van der Waals surface area (Å²) >= 11 is 0. The van der Waals surface area contributed by atoms with Gasteiger partial charge in [-0.2, -0.15) is 0 Å². The van der Waals surface area contributed by atoms with E-state index in [1.165, 1.54) is 25.8 Å². The van der Waals surface area contributed by atoms with E-state index in [0.29, 0.717) is 24.2 Å². The molecule has 2 N–H and O–H groups in total. The number of ether oxygens (including phenoxy) is 1. The van der Waals surface area contributed by atoms with Crippen LogP contribution in [-0.4, -0.2) is 42.8 Å². The first-order valence-electron chi connectivity index (χ1n) is 6.28. The topological polar surface area (TPSA) is 38.5 Å². The van der Waals surface area contributed by atoms with Crippen molar-refractivity contribution in [2.24, 2.45) is 11.7 Å². The zero-order chi connectivity index (χ0) is 10.8. The highest BCUT2D eigenvalue weighted by Gasteiger charge is 2.28. The van der Waals surface area contributed by atoms with Crippen LogP contribution in [0.1, 0.15) is 33.1 Å². The van der Waals surface area contributed by atoms with E-state index < -0.39 is 0 Å². The molecule has 0 spiro atoms. The Hall–Kier alpha value is -0.120. The molecule has 0 saturated carbocycles. The highest BCUT2D eigenvalue weighted by atomic mass is 16.5. The van der Waals surface area contributed by atoms with Gasteiger partial charge < -0.3 is 10.5 Å². The van der Waals surface area contributed by atoms with Crippen molar-refractivity contribution in [1.82, 2.24) is 4.90 Å². The van der Waals surface area contributed by atoms with Gasteiger partial charge in [0.25, 0.3) is 0 Å². The van der Waals surface area contributed by atoms with Gasteiger partial charge in [-0.25, -0.2) is 0 Å². The second-order valence-corrected chi connectivity index (χ2v) is 5.34. The van der Waals surface area contributed by atoms with Gasteiger partial charge in [-0.3, -0.25) is 4.90 Å². The van der Waals surface area contributed by atoms with Gasteiger partial charge in [0.2, 0.25) is 0 Å². The third-order valence-electron chi connectivity index (χ3n) is 3.88. The van der Waals surface area contributed by atoms with Gasteiger partial charge in [-0.15, -0.1) is 0 Å². The van der Waals surface area contributed by atoms with Gasteiger partial charge in [0, 0.05) is 19.1 Å². The highest BCUT2D eigenvalue weighted by molar-refractivity contribution is 4.83. The van der Waals surface area contributed by atoms with Gasteiger partial charge in [0.05, 0.1) is 12.2 Å². The van der Waals surface area contributed by atoms with Crippen LogP contribution in [0.5, 0.6) is 0 Å². The van der Waals surface area contributed by atoms with Crippen LogP contribution >= 0.6 is 0 Å². The summed E-state index contributed by atoms with van der Waals surface area (Å²) < 4.78 is 5.84. The molecule has 0 aliphatic carbocycles. The van der Waals surface area contributed by atoms with Crippen molar-refractivity contribution in [2.45, 2.75) is 51.4 Å². The lowest BCUT2D eigenvalue weighted by molar-refractivity contribution is 0.0220. The van der Waals surface area contributed by atoms with Crippen LogP contribution in [0.4, 0.5) is 0 Å². The maximum Gasteiger partial charge on any atom is 0.0706 e. The number of piperidine rings is 1. The fourth-order valence-electron chi connectivity index (χ4n) is 2.64. The highest BCUT2D eigenvalue weighted by Crippen LogP contribution is 2.22. The van der Waals surface area contributed by atoms with Gasteiger partial charge in [0.15, 0.2) is 0 Å². The number of hydrogen-bond donors (Lipinski definition) is 1. The summed E-state index contributed by atoms with van der Waals surface area (Å²) in [5.41, 5.74) is 6.09. The van der Waals surface area contributed by atoms with E-state index in [1.54, 1.807) is 0 Å². The van der Waals surface area contributed by atoms with E-state index in [2.05, 4.69) is 18.7 Å². The fraction of sp³-hybridized carbons (Fsp3) is 1.00. The Labute approximate surface area is 93.0 Å². The molecule has 3 heteroatoms. The second-order valence-electron chi connectivity index (χ2n) is 5.34. The molecule has 88 valence electrons. The number of rotatable bonds is 2.